The van der Waals surface area contributed by atoms with E-state index in [9.17, 15) is 35.7 Å². The van der Waals surface area contributed by atoms with Gasteiger partial charge in [-0.2, -0.15) is 0 Å². The fraction of sp³-hybridized carbons (Fsp3) is 0.800. The third kappa shape index (κ3) is 6.89. The molecule has 16 atom stereocenters. The highest BCUT2D eigenvalue weighted by Crippen LogP contribution is 2.73. The van der Waals surface area contributed by atoms with Gasteiger partial charge in [0.05, 0.1) is 17.5 Å². The van der Waals surface area contributed by atoms with Crippen LogP contribution in [0.2, 0.25) is 0 Å². The molecule has 59 heavy (non-hydrogen) atoms. The van der Waals surface area contributed by atoms with Crippen molar-refractivity contribution in [3.63, 3.8) is 0 Å². The first-order valence-electron chi connectivity index (χ1n) is 23.4. The van der Waals surface area contributed by atoms with Crippen molar-refractivity contribution in [3.8, 4) is 0 Å². The van der Waals surface area contributed by atoms with Crippen LogP contribution in [0.1, 0.15) is 143 Å². The van der Waals surface area contributed by atoms with Crippen LogP contribution in [-0.2, 0) is 11.2 Å². The van der Waals surface area contributed by atoms with Crippen molar-refractivity contribution in [1.29, 1.82) is 0 Å². The zero-order valence-electron chi connectivity index (χ0n) is 37.1. The molecule has 2 aromatic rings. The zero-order chi connectivity index (χ0) is 42.6. The highest BCUT2D eigenvalue weighted by atomic mass is 16.3. The third-order valence-electron chi connectivity index (χ3n) is 20.0. The Morgan fingerprint density at radius 3 is 1.73 bits per heavy atom. The van der Waals surface area contributed by atoms with Crippen LogP contribution < -0.4 is 0 Å². The van der Waals surface area contributed by atoms with Crippen molar-refractivity contribution < 1.29 is 35.7 Å². The van der Waals surface area contributed by atoms with Crippen LogP contribution in [0.15, 0.2) is 48.8 Å². The minimum absolute atomic E-state index is 0.0463. The Morgan fingerprint density at radius 1 is 0.559 bits per heavy atom. The topological polar surface area (TPSA) is 167 Å². The molecule has 9 nitrogen and oxygen atoms in total. The van der Waals surface area contributed by atoms with Crippen molar-refractivity contribution in [2.45, 2.75) is 149 Å². The lowest BCUT2D eigenvalue weighted by Gasteiger charge is -2.62. The molecule has 330 valence electrons. The van der Waals surface area contributed by atoms with Crippen LogP contribution in [0, 0.1) is 74.4 Å². The van der Waals surface area contributed by atoms with E-state index < -0.39 is 11.2 Å². The van der Waals surface area contributed by atoms with Gasteiger partial charge in [0.1, 0.15) is 11.2 Å². The fourth-order valence-corrected chi connectivity index (χ4v) is 15.8. The van der Waals surface area contributed by atoms with Crippen molar-refractivity contribution >= 4 is 0 Å². The highest BCUT2D eigenvalue weighted by molar-refractivity contribution is 5.27. The number of pyridine rings is 2. The molecular formula is C50H78N2O7. The van der Waals surface area contributed by atoms with Crippen LogP contribution in [0.25, 0.3) is 0 Å². The number of hydrogen-bond acceptors (Lipinski definition) is 9. The minimum Gasteiger partial charge on any atom is -0.396 e. The highest BCUT2D eigenvalue weighted by Gasteiger charge is 2.70. The van der Waals surface area contributed by atoms with Crippen LogP contribution in [0.3, 0.4) is 0 Å². The quantitative estimate of drug-likeness (QED) is 0.144. The van der Waals surface area contributed by atoms with Crippen LogP contribution in [0.4, 0.5) is 0 Å². The number of aliphatic hydroxyl groups is 7. The Morgan fingerprint density at radius 2 is 1.14 bits per heavy atom. The van der Waals surface area contributed by atoms with E-state index in [1.807, 2.05) is 36.4 Å². The summed E-state index contributed by atoms with van der Waals surface area (Å²) >= 11 is 0. The summed E-state index contributed by atoms with van der Waals surface area (Å²) in [5, 5.41) is 75.5. The Balaban J connectivity index is 0.000000179. The van der Waals surface area contributed by atoms with Gasteiger partial charge in [-0.05, 0) is 171 Å². The van der Waals surface area contributed by atoms with Gasteiger partial charge in [0.2, 0.25) is 0 Å². The van der Waals surface area contributed by atoms with Gasteiger partial charge < -0.3 is 35.7 Å². The Bertz CT molecular complexity index is 1720. The maximum Gasteiger partial charge on any atom is 0.112 e. The molecule has 6 fully saturated rings. The molecule has 0 spiro atoms. The molecule has 0 bridgehead atoms. The smallest absolute Gasteiger partial charge is 0.112 e. The summed E-state index contributed by atoms with van der Waals surface area (Å²) in [5.74, 6) is 2.13. The molecular weight excluding hydrogens is 741 g/mol. The van der Waals surface area contributed by atoms with Crippen LogP contribution >= 0.6 is 0 Å². The normalized spacial score (nSPS) is 48.4. The van der Waals surface area contributed by atoms with Crippen molar-refractivity contribution in [2.75, 3.05) is 26.4 Å². The Hall–Kier alpha value is -1.98. The lowest BCUT2D eigenvalue weighted by atomic mass is 9.43. The van der Waals surface area contributed by atoms with E-state index in [1.165, 1.54) is 6.42 Å². The summed E-state index contributed by atoms with van der Waals surface area (Å²) in [4.78, 5) is 9.06. The molecule has 9 heteroatoms. The van der Waals surface area contributed by atoms with Gasteiger partial charge in [-0.15, -0.1) is 0 Å². The van der Waals surface area contributed by atoms with E-state index in [4.69, 9.17) is 0 Å². The standard InChI is InChI=1S/C26H41NO3.C24H37NO4/c1-18-8-10-23(2,19(15-18)16-28)20-9-11-25(4)24(3,21(20)17-29)12-13-26(25,30)22-7-5-6-14-27-22;1-22(9-6-17(28)13-16(22)14-26)19-7-10-23(2)20(18(19)15-27)8-11-24(23,29)21-5-3-4-12-25-21/h5-7,14,18-21,28-30H,8-13,15-17H2,1-4H3;3-5,12,16-20,26-29H,6-11,13-15H2,1-2H3/t18-,19+,20-,21+,23-,24?,25-,26+;16-,17+,18-,19+,20+,22+,23+,24-/m01/s1. The van der Waals surface area contributed by atoms with E-state index >= 15 is 0 Å². The monoisotopic (exact) mass is 819 g/mol. The molecule has 0 radical (unpaired) electrons. The average Bonchev–Trinajstić information content (AvgIpc) is 3.65. The summed E-state index contributed by atoms with van der Waals surface area (Å²) in [6, 6.07) is 11.6. The predicted octanol–water partition coefficient (Wildman–Crippen LogP) is 7.39. The van der Waals surface area contributed by atoms with Gasteiger partial charge >= 0.3 is 0 Å². The van der Waals surface area contributed by atoms with E-state index in [2.05, 4.69) is 51.5 Å². The van der Waals surface area contributed by atoms with E-state index in [-0.39, 0.29) is 83.3 Å². The maximum absolute atomic E-state index is 12.0. The summed E-state index contributed by atoms with van der Waals surface area (Å²) in [6.45, 7) is 14.3. The van der Waals surface area contributed by atoms with Gasteiger partial charge in [-0.3, -0.25) is 9.97 Å². The molecule has 6 aliphatic rings. The minimum atomic E-state index is -0.961. The number of aliphatic hydroxyl groups excluding tert-OH is 5. The molecule has 0 amide bonds. The van der Waals surface area contributed by atoms with E-state index in [0.29, 0.717) is 42.9 Å². The average molecular weight is 819 g/mol. The molecule has 0 saturated heterocycles. The fourth-order valence-electron chi connectivity index (χ4n) is 15.8. The number of nitrogens with zero attached hydrogens (tertiary/aromatic N) is 2. The lowest BCUT2D eigenvalue weighted by molar-refractivity contribution is -0.189. The lowest BCUT2D eigenvalue weighted by Crippen LogP contribution is -2.59. The summed E-state index contributed by atoms with van der Waals surface area (Å²) in [5.41, 5.74) is -1.24. The van der Waals surface area contributed by atoms with Crippen molar-refractivity contribution in [2.24, 2.45) is 74.4 Å². The Labute approximate surface area is 354 Å². The first kappa shape index (κ1) is 45.1. The SMILES string of the molecule is C[C@H]1CC[C@](C)([C@H]2CC[C@@]3(C)C(C)(CC[C@@]3(O)c3ccccn3)[C@@H]2CO)[C@@H](CO)C1.C[C@]1([C@H]2CC[C@@]3(C)[C@@H](CC[C@@]3(O)c3ccccn3)[C@@H]2CO)CC[C@H](O)C[C@@H]1CO. The molecule has 6 saturated carbocycles. The molecule has 6 aliphatic carbocycles. The van der Waals surface area contributed by atoms with Crippen LogP contribution in [0.5, 0.6) is 0 Å². The first-order valence-corrected chi connectivity index (χ1v) is 23.4. The Kier molecular flexibility index (Phi) is 12.7. The third-order valence-corrected chi connectivity index (χ3v) is 20.0. The second-order valence-electron chi connectivity index (χ2n) is 22.0. The van der Waals surface area contributed by atoms with Gasteiger partial charge in [-0.25, -0.2) is 0 Å². The van der Waals surface area contributed by atoms with E-state index in [0.717, 1.165) is 75.6 Å². The molecule has 1 unspecified atom stereocenters. The van der Waals surface area contributed by atoms with Gasteiger partial charge in [0.25, 0.3) is 0 Å². The van der Waals surface area contributed by atoms with E-state index in [1.54, 1.807) is 12.4 Å². The summed E-state index contributed by atoms with van der Waals surface area (Å²) in [6.07, 6.45) is 15.8. The summed E-state index contributed by atoms with van der Waals surface area (Å²) < 4.78 is 0. The molecule has 2 heterocycles. The second kappa shape index (κ2) is 16.6. The number of hydrogen-bond donors (Lipinski definition) is 7. The maximum atomic E-state index is 12.0. The van der Waals surface area contributed by atoms with Gasteiger partial charge in [0, 0.05) is 49.7 Å². The summed E-state index contributed by atoms with van der Waals surface area (Å²) in [7, 11) is 0. The van der Waals surface area contributed by atoms with Gasteiger partial charge in [0.15, 0.2) is 0 Å². The second-order valence-corrected chi connectivity index (χ2v) is 22.0. The number of rotatable bonds is 8. The number of fused-ring (bicyclic) bond motifs is 2. The predicted molar refractivity (Wildman–Crippen MR) is 229 cm³/mol. The molecule has 8 rings (SSSR count). The van der Waals surface area contributed by atoms with Crippen molar-refractivity contribution in [1.82, 2.24) is 9.97 Å². The molecule has 0 aromatic carbocycles. The van der Waals surface area contributed by atoms with Gasteiger partial charge in [-0.1, -0.05) is 60.1 Å². The molecule has 0 aliphatic heterocycles. The molecule has 2 aromatic heterocycles. The van der Waals surface area contributed by atoms with Crippen LogP contribution in [-0.4, -0.2) is 78.2 Å². The first-order chi connectivity index (χ1) is 28.0. The number of aromatic nitrogens is 2. The zero-order valence-corrected chi connectivity index (χ0v) is 37.1. The van der Waals surface area contributed by atoms with Crippen molar-refractivity contribution in [3.05, 3.63) is 60.2 Å². The largest absolute Gasteiger partial charge is 0.396 e. The molecule has 7 N–H and O–H groups in total.